The maximum Gasteiger partial charge on any atom is 0.471 e. The third kappa shape index (κ3) is 4.52. The molecule has 0 spiro atoms. The molecule has 0 saturated heterocycles. The van der Waals surface area contributed by atoms with Gasteiger partial charge in [0.15, 0.2) is 11.6 Å². The predicted molar refractivity (Wildman–Crippen MR) is 89.4 cm³/mol. The summed E-state index contributed by atoms with van der Waals surface area (Å²) in [5.41, 5.74) is -1.68. The first kappa shape index (κ1) is 23.1. The Morgan fingerprint density at radius 2 is 1.03 bits per heavy atom. The Labute approximate surface area is 165 Å². The molecule has 0 aromatic heterocycles. The molecule has 30 heavy (non-hydrogen) atoms. The van der Waals surface area contributed by atoms with Crippen molar-refractivity contribution < 1.29 is 45.5 Å². The topological polar surface area (TPSA) is 92.3 Å². The Kier molecular flexibility index (Phi) is 6.10. The predicted octanol–water partition coefficient (Wildman–Crippen LogP) is 2.50. The van der Waals surface area contributed by atoms with Gasteiger partial charge < -0.3 is 10.6 Å². The van der Waals surface area contributed by atoms with E-state index >= 15 is 0 Å². The van der Waals surface area contributed by atoms with Gasteiger partial charge in [-0.2, -0.15) is 26.3 Å². The maximum absolute atomic E-state index is 12.9. The van der Waals surface area contributed by atoms with Crippen molar-refractivity contribution in [3.8, 4) is 0 Å². The zero-order valence-corrected chi connectivity index (χ0v) is 15.4. The first-order valence-corrected chi connectivity index (χ1v) is 8.34. The third-order valence-electron chi connectivity index (χ3n) is 4.27. The number of hydrogen-bond donors (Lipinski definition) is 2. The van der Waals surface area contributed by atoms with E-state index in [1.165, 1.54) is 34.9 Å². The van der Waals surface area contributed by atoms with Crippen LogP contribution in [0.3, 0.4) is 0 Å². The fourth-order valence-electron chi connectivity index (χ4n) is 2.97. The van der Waals surface area contributed by atoms with Crippen LogP contribution in [0.1, 0.15) is 34.6 Å². The van der Waals surface area contributed by atoms with Crippen LogP contribution < -0.4 is 10.6 Å². The summed E-state index contributed by atoms with van der Waals surface area (Å²) in [5.74, 6) is -6.73. The Morgan fingerprint density at radius 1 is 0.733 bits per heavy atom. The highest BCUT2D eigenvalue weighted by atomic mass is 19.4. The minimum atomic E-state index is -5.30. The molecule has 1 aliphatic carbocycles. The standard InChI is InChI=1S/C18H14F6N2O4/c1-7(25-15(29)17(19,20)21)11-12(8(2)26-16(30)18(22,23)24)14(28)10-6-4-3-5-9(10)13(11)27/h3-8H,1-2H3,(H,25,29)(H,26,30). The van der Waals surface area contributed by atoms with Gasteiger partial charge in [0.25, 0.3) is 0 Å². The second kappa shape index (κ2) is 7.92. The zero-order valence-electron chi connectivity index (χ0n) is 15.4. The minimum absolute atomic E-state index is 0.191. The van der Waals surface area contributed by atoms with E-state index in [-0.39, 0.29) is 11.1 Å². The molecule has 0 bridgehead atoms. The van der Waals surface area contributed by atoms with Crippen molar-refractivity contribution in [2.24, 2.45) is 0 Å². The molecule has 2 rings (SSSR count). The molecule has 0 saturated carbocycles. The maximum atomic E-state index is 12.9. The number of Topliss-reactive ketones (excluding diaryl/α,β-unsaturated/α-hetero) is 2. The Hall–Kier alpha value is -3.18. The number of ketones is 2. The molecule has 1 aromatic rings. The number of benzene rings is 1. The van der Waals surface area contributed by atoms with E-state index in [4.69, 9.17) is 0 Å². The van der Waals surface area contributed by atoms with E-state index < -0.39 is 59.0 Å². The summed E-state index contributed by atoms with van der Waals surface area (Å²) in [5, 5.41) is 3.02. The molecular formula is C18H14F6N2O4. The first-order chi connectivity index (χ1) is 13.7. The van der Waals surface area contributed by atoms with Crippen molar-refractivity contribution in [1.82, 2.24) is 10.6 Å². The summed E-state index contributed by atoms with van der Waals surface area (Å²) >= 11 is 0. The molecule has 2 atom stereocenters. The summed E-state index contributed by atoms with van der Waals surface area (Å²) in [6.07, 6.45) is -10.6. The SMILES string of the molecule is CC(NC(=O)C(F)(F)F)C1=C(C(C)NC(=O)C(F)(F)F)C(=O)c2ccccc2C1=O. The highest BCUT2D eigenvalue weighted by Crippen LogP contribution is 2.31. The number of amides is 2. The average Bonchev–Trinajstić information content (AvgIpc) is 2.62. The molecule has 2 unspecified atom stereocenters. The lowest BCUT2D eigenvalue weighted by Crippen LogP contribution is -2.49. The first-order valence-electron chi connectivity index (χ1n) is 8.34. The van der Waals surface area contributed by atoms with Crippen molar-refractivity contribution in [3.63, 3.8) is 0 Å². The van der Waals surface area contributed by atoms with Crippen molar-refractivity contribution in [2.45, 2.75) is 38.3 Å². The Morgan fingerprint density at radius 3 is 1.30 bits per heavy atom. The van der Waals surface area contributed by atoms with Gasteiger partial charge in [0.05, 0.1) is 12.1 Å². The molecule has 162 valence electrons. The number of carbonyl (C=O) groups excluding carboxylic acids is 4. The zero-order chi connectivity index (χ0) is 23.0. The van der Waals surface area contributed by atoms with Crippen molar-refractivity contribution >= 4 is 23.4 Å². The van der Waals surface area contributed by atoms with Crippen LogP contribution in [0.15, 0.2) is 35.4 Å². The molecule has 0 fully saturated rings. The van der Waals surface area contributed by atoms with Gasteiger partial charge in [-0.15, -0.1) is 0 Å². The van der Waals surface area contributed by atoms with Crippen LogP contribution in [-0.2, 0) is 9.59 Å². The van der Waals surface area contributed by atoms with Crippen molar-refractivity contribution in [1.29, 1.82) is 0 Å². The van der Waals surface area contributed by atoms with Crippen molar-refractivity contribution in [3.05, 3.63) is 46.5 Å². The number of hydrogen-bond acceptors (Lipinski definition) is 4. The molecular weight excluding hydrogens is 422 g/mol. The molecule has 6 nitrogen and oxygen atoms in total. The number of rotatable bonds is 4. The van der Waals surface area contributed by atoms with Crippen LogP contribution in [-0.4, -0.2) is 47.8 Å². The minimum Gasteiger partial charge on any atom is -0.342 e. The Bertz CT molecular complexity index is 874. The summed E-state index contributed by atoms with van der Waals surface area (Å²) in [4.78, 5) is 48.2. The lowest BCUT2D eigenvalue weighted by atomic mass is 9.79. The largest absolute Gasteiger partial charge is 0.471 e. The highest BCUT2D eigenvalue weighted by molar-refractivity contribution is 6.28. The van der Waals surface area contributed by atoms with Crippen LogP contribution in [0.4, 0.5) is 26.3 Å². The van der Waals surface area contributed by atoms with E-state index in [1.807, 2.05) is 0 Å². The lowest BCUT2D eigenvalue weighted by molar-refractivity contribution is -0.174. The van der Waals surface area contributed by atoms with Gasteiger partial charge in [-0.05, 0) is 13.8 Å². The average molecular weight is 436 g/mol. The number of halogens is 6. The van der Waals surface area contributed by atoms with E-state index in [2.05, 4.69) is 0 Å². The molecule has 12 heteroatoms. The van der Waals surface area contributed by atoms with Gasteiger partial charge in [-0.3, -0.25) is 19.2 Å². The monoisotopic (exact) mass is 436 g/mol. The lowest BCUT2D eigenvalue weighted by Gasteiger charge is -2.29. The highest BCUT2D eigenvalue weighted by Gasteiger charge is 2.44. The van der Waals surface area contributed by atoms with E-state index in [9.17, 15) is 45.5 Å². The third-order valence-corrected chi connectivity index (χ3v) is 4.27. The van der Waals surface area contributed by atoms with Gasteiger partial charge >= 0.3 is 24.2 Å². The quantitative estimate of drug-likeness (QED) is 0.710. The molecule has 2 N–H and O–H groups in total. The number of fused-ring (bicyclic) bond motifs is 1. The van der Waals surface area contributed by atoms with Gasteiger partial charge in [-0.25, -0.2) is 0 Å². The number of alkyl halides is 6. The van der Waals surface area contributed by atoms with Gasteiger partial charge in [0.2, 0.25) is 0 Å². The van der Waals surface area contributed by atoms with Gasteiger partial charge in [0.1, 0.15) is 0 Å². The van der Waals surface area contributed by atoms with E-state index in [0.29, 0.717) is 0 Å². The molecule has 0 aliphatic heterocycles. The smallest absolute Gasteiger partial charge is 0.342 e. The van der Waals surface area contributed by atoms with Gasteiger partial charge in [0, 0.05) is 22.3 Å². The second-order valence-electron chi connectivity index (χ2n) is 6.42. The Balaban J connectivity index is 2.57. The van der Waals surface area contributed by atoms with E-state index in [0.717, 1.165) is 13.8 Å². The molecule has 1 aromatic carbocycles. The molecule has 0 radical (unpaired) electrons. The van der Waals surface area contributed by atoms with Crippen LogP contribution >= 0.6 is 0 Å². The fraction of sp³-hybridized carbons (Fsp3) is 0.333. The second-order valence-corrected chi connectivity index (χ2v) is 6.42. The molecule has 2 amide bonds. The summed E-state index contributed by atoms with van der Waals surface area (Å²) in [6, 6.07) is 1.79. The summed E-state index contributed by atoms with van der Waals surface area (Å²) in [7, 11) is 0. The van der Waals surface area contributed by atoms with Crippen LogP contribution in [0, 0.1) is 0 Å². The summed E-state index contributed by atoms with van der Waals surface area (Å²) < 4.78 is 75.5. The summed E-state index contributed by atoms with van der Waals surface area (Å²) in [6.45, 7) is 1.94. The van der Waals surface area contributed by atoms with Crippen LogP contribution in [0.5, 0.6) is 0 Å². The van der Waals surface area contributed by atoms with Crippen LogP contribution in [0.2, 0.25) is 0 Å². The fourth-order valence-corrected chi connectivity index (χ4v) is 2.97. The normalized spacial score (nSPS) is 16.7. The van der Waals surface area contributed by atoms with Crippen LogP contribution in [0.25, 0.3) is 0 Å². The molecule has 0 heterocycles. The van der Waals surface area contributed by atoms with E-state index in [1.54, 1.807) is 0 Å². The molecule has 1 aliphatic rings. The van der Waals surface area contributed by atoms with Gasteiger partial charge in [-0.1, -0.05) is 24.3 Å². The van der Waals surface area contributed by atoms with Crippen molar-refractivity contribution in [2.75, 3.05) is 0 Å². The number of carbonyl (C=O) groups is 4. The number of nitrogens with one attached hydrogen (secondary N) is 2.